The number of nitrogens with one attached hydrogen (secondary N) is 1. The Morgan fingerprint density at radius 1 is 1.19 bits per heavy atom. The summed E-state index contributed by atoms with van der Waals surface area (Å²) in [6.07, 6.45) is 8.10. The van der Waals surface area contributed by atoms with Crippen LogP contribution in [0.4, 0.5) is 0 Å². The first-order valence-electron chi connectivity index (χ1n) is 8.73. The summed E-state index contributed by atoms with van der Waals surface area (Å²) >= 11 is 0. The minimum atomic E-state index is 0.0960. The molecule has 0 aromatic rings. The molecule has 0 aromatic heterocycles. The van der Waals surface area contributed by atoms with E-state index in [0.717, 1.165) is 25.8 Å². The van der Waals surface area contributed by atoms with Gasteiger partial charge in [-0.05, 0) is 52.9 Å². The van der Waals surface area contributed by atoms with Crippen molar-refractivity contribution in [2.75, 3.05) is 6.54 Å². The number of hydrogen-bond donors (Lipinski definition) is 1. The number of rotatable bonds is 8. The highest BCUT2D eigenvalue weighted by atomic mass is 16.1. The van der Waals surface area contributed by atoms with Crippen molar-refractivity contribution in [3.05, 3.63) is 0 Å². The smallest absolute Gasteiger partial charge is 0.209 e. The zero-order valence-electron chi connectivity index (χ0n) is 15.0. The lowest BCUT2D eigenvalue weighted by Crippen LogP contribution is -2.62. The van der Waals surface area contributed by atoms with Gasteiger partial charge in [0.15, 0.2) is 0 Å². The standard InChI is InChI=1S/C18H36N2O/c1-7-9-10-15(8-2)13-20(14-21)16-11-17(3,4)19-18(5,6)12-16/h14-16,19H,7-13H2,1-6H3. The highest BCUT2D eigenvalue weighted by Crippen LogP contribution is 2.31. The topological polar surface area (TPSA) is 32.3 Å². The first-order valence-corrected chi connectivity index (χ1v) is 8.73. The number of carbonyl (C=O) groups is 1. The quantitative estimate of drug-likeness (QED) is 0.687. The van der Waals surface area contributed by atoms with E-state index in [1.165, 1.54) is 25.7 Å². The normalized spacial score (nSPS) is 22.8. The summed E-state index contributed by atoms with van der Waals surface area (Å²) in [5.41, 5.74) is 0.192. The monoisotopic (exact) mass is 296 g/mol. The minimum Gasteiger partial charge on any atom is -0.342 e. The lowest BCUT2D eigenvalue weighted by Gasteiger charge is -2.49. The van der Waals surface area contributed by atoms with E-state index in [9.17, 15) is 4.79 Å². The van der Waals surface area contributed by atoms with Crippen molar-refractivity contribution < 1.29 is 4.79 Å². The molecule has 3 nitrogen and oxygen atoms in total. The van der Waals surface area contributed by atoms with Crippen LogP contribution in [0.25, 0.3) is 0 Å². The van der Waals surface area contributed by atoms with Gasteiger partial charge in [-0.2, -0.15) is 0 Å². The van der Waals surface area contributed by atoms with E-state index in [-0.39, 0.29) is 11.1 Å². The fourth-order valence-corrected chi connectivity index (χ4v) is 4.00. The fraction of sp³-hybridized carbons (Fsp3) is 0.944. The molecule has 21 heavy (non-hydrogen) atoms. The molecule has 1 heterocycles. The van der Waals surface area contributed by atoms with Gasteiger partial charge in [0.1, 0.15) is 0 Å². The van der Waals surface area contributed by atoms with Crippen molar-refractivity contribution >= 4 is 6.41 Å². The lowest BCUT2D eigenvalue weighted by molar-refractivity contribution is -0.122. The summed E-state index contributed by atoms with van der Waals surface area (Å²) in [7, 11) is 0. The van der Waals surface area contributed by atoms with E-state index in [1.807, 2.05) is 0 Å². The second-order valence-corrected chi connectivity index (χ2v) is 8.17. The van der Waals surface area contributed by atoms with Crippen LogP contribution < -0.4 is 5.32 Å². The van der Waals surface area contributed by atoms with Crippen molar-refractivity contribution in [2.24, 2.45) is 5.92 Å². The van der Waals surface area contributed by atoms with Crippen LogP contribution in [0.3, 0.4) is 0 Å². The zero-order valence-corrected chi connectivity index (χ0v) is 15.0. The van der Waals surface area contributed by atoms with Crippen LogP contribution in [0, 0.1) is 5.92 Å². The maximum atomic E-state index is 11.7. The molecule has 0 aliphatic carbocycles. The van der Waals surface area contributed by atoms with Crippen LogP contribution in [0.15, 0.2) is 0 Å². The van der Waals surface area contributed by atoms with E-state index in [4.69, 9.17) is 0 Å². The van der Waals surface area contributed by atoms with Gasteiger partial charge in [0.25, 0.3) is 0 Å². The summed E-state index contributed by atoms with van der Waals surface area (Å²) < 4.78 is 0. The van der Waals surface area contributed by atoms with Crippen LogP contribution >= 0.6 is 0 Å². The van der Waals surface area contributed by atoms with Crippen molar-refractivity contribution in [1.82, 2.24) is 10.2 Å². The number of piperidine rings is 1. The molecule has 0 radical (unpaired) electrons. The lowest BCUT2D eigenvalue weighted by atomic mass is 9.79. The highest BCUT2D eigenvalue weighted by Gasteiger charge is 2.39. The Bertz CT molecular complexity index is 309. The molecule has 1 N–H and O–H groups in total. The van der Waals surface area contributed by atoms with Gasteiger partial charge in [-0.3, -0.25) is 4.79 Å². The molecule has 1 amide bonds. The van der Waals surface area contributed by atoms with Crippen LogP contribution in [-0.2, 0) is 4.79 Å². The van der Waals surface area contributed by atoms with E-state index in [1.54, 1.807) is 0 Å². The second-order valence-electron chi connectivity index (χ2n) is 8.17. The third-order valence-corrected chi connectivity index (χ3v) is 4.79. The fourth-order valence-electron chi connectivity index (χ4n) is 4.00. The number of amides is 1. The molecular weight excluding hydrogens is 260 g/mol. The van der Waals surface area contributed by atoms with Crippen molar-refractivity contribution in [2.45, 2.75) is 97.2 Å². The van der Waals surface area contributed by atoms with Gasteiger partial charge < -0.3 is 10.2 Å². The van der Waals surface area contributed by atoms with Gasteiger partial charge in [-0.25, -0.2) is 0 Å². The average molecular weight is 296 g/mol. The van der Waals surface area contributed by atoms with Gasteiger partial charge in [-0.15, -0.1) is 0 Å². The van der Waals surface area contributed by atoms with Gasteiger partial charge in [-0.1, -0.05) is 33.1 Å². The number of unbranched alkanes of at least 4 members (excludes halogenated alkanes) is 1. The van der Waals surface area contributed by atoms with Gasteiger partial charge in [0, 0.05) is 23.7 Å². The molecule has 1 saturated heterocycles. The van der Waals surface area contributed by atoms with E-state index in [2.05, 4.69) is 51.8 Å². The molecule has 1 aliphatic rings. The maximum Gasteiger partial charge on any atom is 0.209 e. The van der Waals surface area contributed by atoms with E-state index >= 15 is 0 Å². The molecule has 0 aromatic carbocycles. The second kappa shape index (κ2) is 7.62. The molecule has 1 unspecified atom stereocenters. The Balaban J connectivity index is 2.71. The highest BCUT2D eigenvalue weighted by molar-refractivity contribution is 5.48. The van der Waals surface area contributed by atoms with E-state index < -0.39 is 0 Å². The third-order valence-electron chi connectivity index (χ3n) is 4.79. The Morgan fingerprint density at radius 3 is 2.19 bits per heavy atom. The molecular formula is C18H36N2O. The molecule has 1 fully saturated rings. The van der Waals surface area contributed by atoms with Crippen LogP contribution in [0.5, 0.6) is 0 Å². The largest absolute Gasteiger partial charge is 0.342 e. The molecule has 124 valence electrons. The minimum absolute atomic E-state index is 0.0960. The van der Waals surface area contributed by atoms with Crippen LogP contribution in [0.1, 0.15) is 80.1 Å². The Labute approximate surface area is 131 Å². The first-order chi connectivity index (χ1) is 9.73. The summed E-state index contributed by atoms with van der Waals surface area (Å²) in [6, 6.07) is 0.365. The average Bonchev–Trinajstić information content (AvgIpc) is 2.35. The van der Waals surface area contributed by atoms with Crippen molar-refractivity contribution in [1.29, 1.82) is 0 Å². The van der Waals surface area contributed by atoms with Crippen LogP contribution in [-0.4, -0.2) is 35.0 Å². The van der Waals surface area contributed by atoms with Crippen molar-refractivity contribution in [3.8, 4) is 0 Å². The number of carbonyl (C=O) groups excluding carboxylic acids is 1. The predicted octanol–water partition coefficient (Wildman–Crippen LogP) is 3.97. The number of nitrogens with zero attached hydrogens (tertiary/aromatic N) is 1. The van der Waals surface area contributed by atoms with E-state index in [0.29, 0.717) is 12.0 Å². The molecule has 1 rings (SSSR count). The summed E-state index contributed by atoms with van der Waals surface area (Å²) in [6.45, 7) is 14.4. The SMILES string of the molecule is CCCCC(CC)CN(C=O)C1CC(C)(C)NC(C)(C)C1. The Morgan fingerprint density at radius 2 is 1.76 bits per heavy atom. The maximum absolute atomic E-state index is 11.7. The van der Waals surface area contributed by atoms with Gasteiger partial charge in [0.05, 0.1) is 0 Å². The zero-order chi connectivity index (χ0) is 16.1. The first kappa shape index (κ1) is 18.5. The third kappa shape index (κ3) is 5.98. The summed E-state index contributed by atoms with van der Waals surface area (Å²) in [4.78, 5) is 13.7. The molecule has 0 bridgehead atoms. The molecule has 1 atom stereocenters. The number of hydrogen-bond acceptors (Lipinski definition) is 2. The summed E-state index contributed by atoms with van der Waals surface area (Å²) in [5.74, 6) is 0.649. The van der Waals surface area contributed by atoms with Crippen LogP contribution in [0.2, 0.25) is 0 Å². The molecule has 0 saturated carbocycles. The Kier molecular flexibility index (Phi) is 6.71. The molecule has 1 aliphatic heterocycles. The van der Waals surface area contributed by atoms with Crippen molar-refractivity contribution in [3.63, 3.8) is 0 Å². The van der Waals surface area contributed by atoms with Gasteiger partial charge >= 0.3 is 0 Å². The van der Waals surface area contributed by atoms with Gasteiger partial charge in [0.2, 0.25) is 6.41 Å². The predicted molar refractivity (Wildman–Crippen MR) is 90.4 cm³/mol. The molecule has 3 heteroatoms. The summed E-state index contributed by atoms with van der Waals surface area (Å²) in [5, 5.41) is 3.70. The Hall–Kier alpha value is -0.570. The molecule has 0 spiro atoms.